The van der Waals surface area contributed by atoms with E-state index in [2.05, 4.69) is 10.0 Å². The van der Waals surface area contributed by atoms with Crippen molar-refractivity contribution in [3.8, 4) is 0 Å². The average Bonchev–Trinajstić information content (AvgIpc) is 3.07. The molecule has 4 unspecified atom stereocenters. The van der Waals surface area contributed by atoms with Gasteiger partial charge in [-0.2, -0.15) is 0 Å². The van der Waals surface area contributed by atoms with Crippen molar-refractivity contribution in [1.82, 2.24) is 4.72 Å². The third-order valence-corrected chi connectivity index (χ3v) is 7.37. The highest BCUT2D eigenvalue weighted by Gasteiger charge is 2.49. The molecule has 0 heterocycles. The lowest BCUT2D eigenvalue weighted by Crippen LogP contribution is -2.42. The summed E-state index contributed by atoms with van der Waals surface area (Å²) in [6.45, 7) is 7.13. The number of anilines is 1. The molecular formula is C19H30ClN3O3S. The van der Waals surface area contributed by atoms with Gasteiger partial charge in [-0.1, -0.05) is 6.07 Å². The molecule has 4 N–H and O–H groups in total. The molecule has 0 radical (unpaired) electrons. The van der Waals surface area contributed by atoms with Crippen LogP contribution in [0.1, 0.15) is 45.6 Å². The number of nitrogens with two attached hydrogens (primary N) is 1. The van der Waals surface area contributed by atoms with E-state index in [-0.39, 0.29) is 35.2 Å². The number of hydrogen-bond donors (Lipinski definition) is 3. The first kappa shape index (κ1) is 22.1. The predicted octanol–water partition coefficient (Wildman–Crippen LogP) is 2.81. The quantitative estimate of drug-likeness (QED) is 0.703. The molecule has 3 rings (SSSR count). The summed E-state index contributed by atoms with van der Waals surface area (Å²) >= 11 is 0. The van der Waals surface area contributed by atoms with Crippen LogP contribution >= 0.6 is 12.4 Å². The molecule has 1 aromatic rings. The number of sulfonamides is 1. The molecule has 152 valence electrons. The lowest BCUT2D eigenvalue weighted by molar-refractivity contribution is -0.121. The van der Waals surface area contributed by atoms with E-state index in [4.69, 9.17) is 5.73 Å². The van der Waals surface area contributed by atoms with Crippen molar-refractivity contribution in [3.63, 3.8) is 0 Å². The zero-order valence-electron chi connectivity index (χ0n) is 16.3. The molecular weight excluding hydrogens is 386 g/mol. The molecule has 2 aliphatic rings. The highest BCUT2D eigenvalue weighted by Crippen LogP contribution is 2.47. The van der Waals surface area contributed by atoms with E-state index in [1.165, 1.54) is 6.07 Å². The summed E-state index contributed by atoms with van der Waals surface area (Å²) in [5.74, 6) is 0.524. The third kappa shape index (κ3) is 4.65. The van der Waals surface area contributed by atoms with Crippen LogP contribution < -0.4 is 15.8 Å². The summed E-state index contributed by atoms with van der Waals surface area (Å²) < 4.78 is 28.0. The Bertz CT molecular complexity index is 818. The first-order valence-electron chi connectivity index (χ1n) is 9.19. The predicted molar refractivity (Wildman–Crippen MR) is 109 cm³/mol. The Kier molecular flexibility index (Phi) is 6.31. The zero-order valence-corrected chi connectivity index (χ0v) is 17.9. The minimum atomic E-state index is -3.67. The summed E-state index contributed by atoms with van der Waals surface area (Å²) in [6, 6.07) is 4.89. The summed E-state index contributed by atoms with van der Waals surface area (Å²) in [5, 5.41) is 2.89. The monoisotopic (exact) mass is 415 g/mol. The van der Waals surface area contributed by atoms with Crippen molar-refractivity contribution in [3.05, 3.63) is 23.8 Å². The highest BCUT2D eigenvalue weighted by molar-refractivity contribution is 7.89. The maximum atomic E-state index is 12.7. The van der Waals surface area contributed by atoms with Crippen LogP contribution in [0.3, 0.4) is 0 Å². The number of fused-ring (bicyclic) bond motifs is 2. The minimum absolute atomic E-state index is 0. The summed E-state index contributed by atoms with van der Waals surface area (Å²) in [5.41, 5.74) is 6.79. The van der Waals surface area contributed by atoms with Crippen LogP contribution in [0, 0.1) is 24.7 Å². The third-order valence-electron chi connectivity index (χ3n) is 5.47. The summed E-state index contributed by atoms with van der Waals surface area (Å²) in [4.78, 5) is 12.9. The van der Waals surface area contributed by atoms with Crippen LogP contribution in [0.25, 0.3) is 0 Å². The topological polar surface area (TPSA) is 101 Å². The number of hydrogen-bond acceptors (Lipinski definition) is 4. The van der Waals surface area contributed by atoms with Gasteiger partial charge in [-0.15, -0.1) is 12.4 Å². The minimum Gasteiger partial charge on any atom is -0.327 e. The number of carbonyl (C=O) groups excluding carboxylic acids is 1. The molecule has 0 aromatic heterocycles. The number of aryl methyl sites for hydroxylation is 1. The summed E-state index contributed by atoms with van der Waals surface area (Å²) in [7, 11) is -3.67. The van der Waals surface area contributed by atoms with Gasteiger partial charge in [0.25, 0.3) is 0 Å². The van der Waals surface area contributed by atoms with Crippen molar-refractivity contribution in [2.75, 3.05) is 5.32 Å². The normalized spacial score (nSPS) is 27.3. The number of benzene rings is 1. The summed E-state index contributed by atoms with van der Waals surface area (Å²) in [6.07, 6.45) is 3.20. The van der Waals surface area contributed by atoms with Gasteiger partial charge < -0.3 is 11.1 Å². The van der Waals surface area contributed by atoms with Gasteiger partial charge in [-0.3, -0.25) is 4.79 Å². The first-order valence-corrected chi connectivity index (χ1v) is 10.7. The molecule has 4 atom stereocenters. The molecule has 0 saturated heterocycles. The largest absolute Gasteiger partial charge is 0.327 e. The SMILES string of the molecule is Cc1ccc(NC(=O)C2C3CCC(C3)C2N)cc1S(=O)(=O)NC(C)(C)C.Cl. The smallest absolute Gasteiger partial charge is 0.241 e. The lowest BCUT2D eigenvalue weighted by Gasteiger charge is -2.27. The van der Waals surface area contributed by atoms with Gasteiger partial charge in [0.05, 0.1) is 10.8 Å². The Hall–Kier alpha value is -1.15. The van der Waals surface area contributed by atoms with Crippen LogP contribution in [-0.2, 0) is 14.8 Å². The molecule has 2 bridgehead atoms. The fourth-order valence-electron chi connectivity index (χ4n) is 4.38. The van der Waals surface area contributed by atoms with Crippen molar-refractivity contribution in [2.24, 2.45) is 23.5 Å². The Labute approximate surface area is 168 Å². The molecule has 2 fully saturated rings. The second-order valence-corrected chi connectivity index (χ2v) is 10.4. The first-order chi connectivity index (χ1) is 12.0. The van der Waals surface area contributed by atoms with Crippen molar-refractivity contribution in [1.29, 1.82) is 0 Å². The molecule has 1 amide bonds. The van der Waals surface area contributed by atoms with Crippen molar-refractivity contribution < 1.29 is 13.2 Å². The fraction of sp³-hybridized carbons (Fsp3) is 0.632. The van der Waals surface area contributed by atoms with Gasteiger partial charge >= 0.3 is 0 Å². The van der Waals surface area contributed by atoms with Gasteiger partial charge in [-0.25, -0.2) is 13.1 Å². The van der Waals surface area contributed by atoms with Crippen LogP contribution in [0.4, 0.5) is 5.69 Å². The van der Waals surface area contributed by atoms with Gasteiger partial charge in [0.1, 0.15) is 0 Å². The number of halogens is 1. The van der Waals surface area contributed by atoms with E-state index in [9.17, 15) is 13.2 Å². The molecule has 2 aliphatic carbocycles. The van der Waals surface area contributed by atoms with E-state index in [0.29, 0.717) is 23.1 Å². The number of nitrogens with one attached hydrogen (secondary N) is 2. The number of rotatable bonds is 4. The molecule has 6 nitrogen and oxygen atoms in total. The van der Waals surface area contributed by atoms with Crippen LogP contribution in [0.2, 0.25) is 0 Å². The fourth-order valence-corrected chi connectivity index (χ4v) is 6.07. The van der Waals surface area contributed by atoms with Gasteiger partial charge in [0.15, 0.2) is 0 Å². The number of amides is 1. The number of carbonyl (C=O) groups is 1. The maximum absolute atomic E-state index is 12.7. The van der Waals surface area contributed by atoms with Crippen molar-refractivity contribution in [2.45, 2.75) is 63.4 Å². The highest BCUT2D eigenvalue weighted by atomic mass is 35.5. The van der Waals surface area contributed by atoms with Crippen LogP contribution in [0.15, 0.2) is 23.1 Å². The second kappa shape index (κ2) is 7.70. The maximum Gasteiger partial charge on any atom is 0.241 e. The Morgan fingerprint density at radius 1 is 1.19 bits per heavy atom. The molecule has 0 aliphatic heterocycles. The second-order valence-electron chi connectivity index (χ2n) is 8.76. The zero-order chi connectivity index (χ0) is 19.3. The van der Waals surface area contributed by atoms with E-state index in [1.807, 2.05) is 0 Å². The molecule has 0 spiro atoms. The van der Waals surface area contributed by atoms with E-state index < -0.39 is 15.6 Å². The van der Waals surface area contributed by atoms with Crippen molar-refractivity contribution >= 4 is 34.0 Å². The van der Waals surface area contributed by atoms with Gasteiger partial charge in [0.2, 0.25) is 15.9 Å². The molecule has 27 heavy (non-hydrogen) atoms. The van der Waals surface area contributed by atoms with E-state index in [1.54, 1.807) is 39.8 Å². The molecule has 8 heteroatoms. The molecule has 1 aromatic carbocycles. The van der Waals surface area contributed by atoms with E-state index >= 15 is 0 Å². The van der Waals surface area contributed by atoms with E-state index in [0.717, 1.165) is 19.3 Å². The Morgan fingerprint density at radius 3 is 2.37 bits per heavy atom. The average molecular weight is 416 g/mol. The van der Waals surface area contributed by atoms with Crippen LogP contribution in [0.5, 0.6) is 0 Å². The lowest BCUT2D eigenvalue weighted by atomic mass is 9.84. The standard InChI is InChI=1S/C19H29N3O3S.ClH/c1-11-5-8-14(10-15(11)26(24,25)22-19(2,3)4)21-18(23)16-12-6-7-13(9-12)17(16)20;/h5,8,10,12-13,16-17,22H,6-7,9,20H2,1-4H3,(H,21,23);1H. The van der Waals surface area contributed by atoms with Crippen LogP contribution in [-0.4, -0.2) is 25.9 Å². The van der Waals surface area contributed by atoms with Gasteiger partial charge in [0, 0.05) is 17.3 Å². The Morgan fingerprint density at radius 2 is 1.81 bits per heavy atom. The Balaban J connectivity index is 0.00000261. The molecule has 2 saturated carbocycles. The van der Waals surface area contributed by atoms with Gasteiger partial charge in [-0.05, 0) is 76.5 Å².